The zero-order valence-corrected chi connectivity index (χ0v) is 12.9. The quantitative estimate of drug-likeness (QED) is 0.907. The summed E-state index contributed by atoms with van der Waals surface area (Å²) in [7, 11) is -3.55. The van der Waals surface area contributed by atoms with Gasteiger partial charge in [-0.15, -0.1) is 11.3 Å². The van der Waals surface area contributed by atoms with Crippen molar-refractivity contribution < 1.29 is 8.42 Å². The first kappa shape index (κ1) is 14.1. The van der Waals surface area contributed by atoms with Crippen LogP contribution in [-0.4, -0.2) is 27.3 Å². The van der Waals surface area contributed by atoms with E-state index < -0.39 is 10.0 Å². The van der Waals surface area contributed by atoms with E-state index in [1.807, 2.05) is 12.1 Å². The highest BCUT2D eigenvalue weighted by molar-refractivity contribution is 7.94. The molecular formula is C14H15N3O2S2. The summed E-state index contributed by atoms with van der Waals surface area (Å²) >= 11 is 1.19. The Morgan fingerprint density at radius 2 is 2.05 bits per heavy atom. The van der Waals surface area contributed by atoms with E-state index in [4.69, 9.17) is 0 Å². The molecule has 21 heavy (non-hydrogen) atoms. The highest BCUT2D eigenvalue weighted by Gasteiger charge is 2.19. The third kappa shape index (κ3) is 3.08. The average molecular weight is 321 g/mol. The van der Waals surface area contributed by atoms with Gasteiger partial charge < -0.3 is 5.32 Å². The summed E-state index contributed by atoms with van der Waals surface area (Å²) in [5.41, 5.74) is 1.32. The van der Waals surface area contributed by atoms with Crippen molar-refractivity contribution in [1.29, 1.82) is 0 Å². The minimum Gasteiger partial charge on any atom is -0.370 e. The van der Waals surface area contributed by atoms with E-state index in [0.717, 1.165) is 30.9 Å². The van der Waals surface area contributed by atoms with Crippen LogP contribution in [0.3, 0.4) is 0 Å². The molecule has 1 aromatic carbocycles. The molecule has 5 nitrogen and oxygen atoms in total. The molecule has 0 atom stereocenters. The largest absolute Gasteiger partial charge is 0.370 e. The van der Waals surface area contributed by atoms with Crippen molar-refractivity contribution in [3.8, 4) is 0 Å². The SMILES string of the molecule is O=S(=O)(Nc1ccccc1C1=NCCCN1)c1cccs1. The fraction of sp³-hybridized carbons (Fsp3) is 0.214. The van der Waals surface area contributed by atoms with Gasteiger partial charge in [0.25, 0.3) is 10.0 Å². The van der Waals surface area contributed by atoms with Gasteiger partial charge in [0.1, 0.15) is 10.0 Å². The van der Waals surface area contributed by atoms with Gasteiger partial charge in [-0.1, -0.05) is 18.2 Å². The van der Waals surface area contributed by atoms with Crippen molar-refractivity contribution in [3.63, 3.8) is 0 Å². The molecule has 2 N–H and O–H groups in total. The maximum absolute atomic E-state index is 12.3. The number of aliphatic imine (C=N–C) groups is 1. The van der Waals surface area contributed by atoms with Crippen molar-refractivity contribution in [2.75, 3.05) is 17.8 Å². The van der Waals surface area contributed by atoms with Crippen LogP contribution in [-0.2, 0) is 10.0 Å². The molecule has 0 amide bonds. The van der Waals surface area contributed by atoms with Gasteiger partial charge in [-0.25, -0.2) is 8.42 Å². The van der Waals surface area contributed by atoms with Crippen molar-refractivity contribution in [1.82, 2.24) is 5.32 Å². The number of para-hydroxylation sites is 1. The lowest BCUT2D eigenvalue weighted by Gasteiger charge is -2.18. The number of nitrogens with one attached hydrogen (secondary N) is 2. The van der Waals surface area contributed by atoms with E-state index >= 15 is 0 Å². The Labute approximate surface area is 127 Å². The predicted octanol–water partition coefficient (Wildman–Crippen LogP) is 2.29. The highest BCUT2D eigenvalue weighted by Crippen LogP contribution is 2.23. The molecule has 3 rings (SSSR count). The summed E-state index contributed by atoms with van der Waals surface area (Å²) in [5.74, 6) is 0.741. The van der Waals surface area contributed by atoms with Crippen LogP contribution in [0.25, 0.3) is 0 Å². The molecule has 2 aromatic rings. The molecule has 2 heterocycles. The number of anilines is 1. The number of sulfonamides is 1. The third-order valence-corrected chi connectivity index (χ3v) is 5.85. The number of thiophene rings is 1. The molecule has 1 aliphatic rings. The molecule has 0 spiro atoms. The van der Waals surface area contributed by atoms with Crippen molar-refractivity contribution in [3.05, 3.63) is 47.3 Å². The van der Waals surface area contributed by atoms with Gasteiger partial charge in [0.2, 0.25) is 0 Å². The van der Waals surface area contributed by atoms with Crippen LogP contribution in [0.2, 0.25) is 0 Å². The molecular weight excluding hydrogens is 306 g/mol. The van der Waals surface area contributed by atoms with Gasteiger partial charge >= 0.3 is 0 Å². The molecule has 0 fully saturated rings. The molecule has 1 aliphatic heterocycles. The second-order valence-electron chi connectivity index (χ2n) is 4.59. The molecule has 1 aromatic heterocycles. The van der Waals surface area contributed by atoms with E-state index in [1.54, 1.807) is 29.6 Å². The van der Waals surface area contributed by atoms with E-state index in [-0.39, 0.29) is 0 Å². The lowest BCUT2D eigenvalue weighted by atomic mass is 10.1. The molecule has 110 valence electrons. The van der Waals surface area contributed by atoms with E-state index in [0.29, 0.717) is 9.90 Å². The Balaban J connectivity index is 1.95. The first-order chi connectivity index (χ1) is 10.2. The van der Waals surface area contributed by atoms with Gasteiger partial charge in [-0.3, -0.25) is 9.71 Å². The lowest BCUT2D eigenvalue weighted by molar-refractivity contribution is 0.603. The summed E-state index contributed by atoms with van der Waals surface area (Å²) < 4.78 is 27.6. The zero-order chi connectivity index (χ0) is 14.7. The molecule has 0 saturated heterocycles. The number of hydrogen-bond acceptors (Lipinski definition) is 5. The van der Waals surface area contributed by atoms with Gasteiger partial charge in [0, 0.05) is 18.7 Å². The molecule has 0 radical (unpaired) electrons. The summed E-state index contributed by atoms with van der Waals surface area (Å²) in [6.45, 7) is 1.61. The van der Waals surface area contributed by atoms with Crippen LogP contribution in [0.5, 0.6) is 0 Å². The Morgan fingerprint density at radius 1 is 1.19 bits per heavy atom. The van der Waals surface area contributed by atoms with Gasteiger partial charge in [-0.2, -0.15) is 0 Å². The monoisotopic (exact) mass is 321 g/mol. The molecule has 0 saturated carbocycles. The summed E-state index contributed by atoms with van der Waals surface area (Å²) in [6, 6.07) is 10.6. The van der Waals surface area contributed by atoms with Crippen LogP contribution in [0, 0.1) is 0 Å². The zero-order valence-electron chi connectivity index (χ0n) is 11.2. The van der Waals surface area contributed by atoms with Crippen molar-refractivity contribution in [2.45, 2.75) is 10.6 Å². The van der Waals surface area contributed by atoms with Gasteiger partial charge in [0.15, 0.2) is 0 Å². The van der Waals surface area contributed by atoms with Crippen LogP contribution in [0.4, 0.5) is 5.69 Å². The van der Waals surface area contributed by atoms with Crippen molar-refractivity contribution in [2.24, 2.45) is 4.99 Å². The predicted molar refractivity (Wildman–Crippen MR) is 85.6 cm³/mol. The van der Waals surface area contributed by atoms with Crippen molar-refractivity contribution >= 4 is 32.9 Å². The fourth-order valence-electron chi connectivity index (χ4n) is 2.10. The van der Waals surface area contributed by atoms with E-state index in [9.17, 15) is 8.42 Å². The Hall–Kier alpha value is -1.86. The van der Waals surface area contributed by atoms with E-state index in [1.165, 1.54) is 11.3 Å². The van der Waals surface area contributed by atoms with Gasteiger partial charge in [-0.05, 0) is 30.0 Å². The van der Waals surface area contributed by atoms with E-state index in [2.05, 4.69) is 15.0 Å². The summed E-state index contributed by atoms with van der Waals surface area (Å²) in [6.07, 6.45) is 0.993. The molecule has 0 unspecified atom stereocenters. The highest BCUT2D eigenvalue weighted by atomic mass is 32.2. The number of nitrogens with zero attached hydrogens (tertiary/aromatic N) is 1. The number of amidine groups is 1. The van der Waals surface area contributed by atoms with Crippen LogP contribution >= 0.6 is 11.3 Å². The average Bonchev–Trinajstić information content (AvgIpc) is 3.03. The molecule has 0 bridgehead atoms. The number of rotatable bonds is 4. The Kier molecular flexibility index (Phi) is 3.94. The smallest absolute Gasteiger partial charge is 0.271 e. The maximum atomic E-state index is 12.3. The minimum atomic E-state index is -3.55. The Morgan fingerprint density at radius 3 is 2.76 bits per heavy atom. The van der Waals surface area contributed by atoms with Crippen LogP contribution < -0.4 is 10.0 Å². The minimum absolute atomic E-state index is 0.302. The third-order valence-electron chi connectivity index (χ3n) is 3.08. The van der Waals surface area contributed by atoms with Crippen LogP contribution in [0.15, 0.2) is 51.0 Å². The maximum Gasteiger partial charge on any atom is 0.271 e. The fourth-order valence-corrected chi connectivity index (χ4v) is 4.18. The Bertz CT molecular complexity index is 752. The molecule has 7 heteroatoms. The second kappa shape index (κ2) is 5.87. The van der Waals surface area contributed by atoms with Gasteiger partial charge in [0.05, 0.1) is 5.69 Å². The summed E-state index contributed by atoms with van der Waals surface area (Å²) in [5, 5.41) is 4.96. The summed E-state index contributed by atoms with van der Waals surface area (Å²) in [4.78, 5) is 4.43. The first-order valence-corrected chi connectivity index (χ1v) is 8.97. The van der Waals surface area contributed by atoms with Crippen LogP contribution in [0.1, 0.15) is 12.0 Å². The second-order valence-corrected chi connectivity index (χ2v) is 7.45. The normalized spacial score (nSPS) is 15.1. The lowest BCUT2D eigenvalue weighted by Crippen LogP contribution is -2.31. The molecule has 0 aliphatic carbocycles. The standard InChI is InChI=1S/C14H15N3O2S2/c18-21(19,13-7-3-10-20-13)17-12-6-2-1-5-11(12)14-15-8-4-9-16-14/h1-3,5-7,10,17H,4,8-9H2,(H,15,16). The number of benzene rings is 1. The number of hydrogen-bond donors (Lipinski definition) is 2. The first-order valence-electron chi connectivity index (χ1n) is 6.61. The topological polar surface area (TPSA) is 70.6 Å².